The highest BCUT2D eigenvalue weighted by Gasteiger charge is 2.19. The molecule has 0 fully saturated rings. The van der Waals surface area contributed by atoms with Crippen LogP contribution in [0, 0.1) is 0 Å². The summed E-state index contributed by atoms with van der Waals surface area (Å²) in [7, 11) is 1.64. The van der Waals surface area contributed by atoms with Crippen LogP contribution in [0.4, 0.5) is 0 Å². The van der Waals surface area contributed by atoms with Crippen molar-refractivity contribution in [3.63, 3.8) is 0 Å². The molecule has 0 saturated heterocycles. The summed E-state index contributed by atoms with van der Waals surface area (Å²) in [5.41, 5.74) is 0.976. The molecule has 1 aromatic heterocycles. The zero-order valence-corrected chi connectivity index (χ0v) is 17.8. The first kappa shape index (κ1) is 21.6. The lowest BCUT2D eigenvalue weighted by Crippen LogP contribution is -2.36. The molecule has 0 radical (unpaired) electrons. The van der Waals surface area contributed by atoms with Gasteiger partial charge in [-0.3, -0.25) is 0 Å². The molecule has 0 spiro atoms. The summed E-state index contributed by atoms with van der Waals surface area (Å²) in [5.74, 6) is 3.65. The molecule has 2 N–H and O–H groups in total. The van der Waals surface area contributed by atoms with Crippen LogP contribution in [0.25, 0.3) is 0 Å². The van der Waals surface area contributed by atoms with E-state index in [4.69, 9.17) is 13.9 Å². The van der Waals surface area contributed by atoms with Crippen LogP contribution in [0.1, 0.15) is 51.8 Å². The van der Waals surface area contributed by atoms with Crippen molar-refractivity contribution in [1.82, 2.24) is 15.6 Å². The highest BCUT2D eigenvalue weighted by atomic mass is 16.5. The number of hydrogen-bond donors (Lipinski definition) is 2. The van der Waals surface area contributed by atoms with E-state index in [2.05, 4.69) is 41.4 Å². The molecule has 7 heteroatoms. The number of rotatable bonds is 8. The summed E-state index contributed by atoms with van der Waals surface area (Å²) in [6.07, 6.45) is 1.79. The second-order valence-corrected chi connectivity index (χ2v) is 7.34. The van der Waals surface area contributed by atoms with Gasteiger partial charge in [0.15, 0.2) is 17.5 Å². The van der Waals surface area contributed by atoms with Gasteiger partial charge in [0, 0.05) is 12.0 Å². The Morgan fingerprint density at radius 1 is 1.18 bits per heavy atom. The molecule has 1 heterocycles. The van der Waals surface area contributed by atoms with Crippen LogP contribution >= 0.6 is 0 Å². The average Bonchev–Trinajstić information content (AvgIpc) is 3.14. The van der Waals surface area contributed by atoms with E-state index in [1.54, 1.807) is 13.3 Å². The number of guanidine groups is 1. The molecule has 154 valence electrons. The van der Waals surface area contributed by atoms with Crippen molar-refractivity contribution in [1.29, 1.82) is 0 Å². The topological polar surface area (TPSA) is 80.9 Å². The Morgan fingerprint density at radius 3 is 2.57 bits per heavy atom. The lowest BCUT2D eigenvalue weighted by atomic mass is 9.94. The maximum absolute atomic E-state index is 5.82. The van der Waals surface area contributed by atoms with Gasteiger partial charge in [-0.25, -0.2) is 9.98 Å². The van der Waals surface area contributed by atoms with Gasteiger partial charge in [-0.05, 0) is 31.5 Å². The predicted molar refractivity (Wildman–Crippen MR) is 111 cm³/mol. The summed E-state index contributed by atoms with van der Waals surface area (Å²) in [6.45, 7) is 12.6. The van der Waals surface area contributed by atoms with Gasteiger partial charge in [0.2, 0.25) is 5.89 Å². The number of oxazole rings is 1. The van der Waals surface area contributed by atoms with E-state index >= 15 is 0 Å². The first-order valence-electron chi connectivity index (χ1n) is 9.64. The lowest BCUT2D eigenvalue weighted by Gasteiger charge is -2.13. The molecule has 2 rings (SSSR count). The van der Waals surface area contributed by atoms with Crippen molar-refractivity contribution >= 4 is 5.96 Å². The van der Waals surface area contributed by atoms with Crippen molar-refractivity contribution in [2.24, 2.45) is 4.99 Å². The third-order valence-corrected chi connectivity index (χ3v) is 3.99. The maximum atomic E-state index is 5.82. The molecule has 0 aliphatic rings. The van der Waals surface area contributed by atoms with E-state index in [0.29, 0.717) is 31.5 Å². The van der Waals surface area contributed by atoms with Gasteiger partial charge in [0.1, 0.15) is 5.76 Å². The molecule has 0 unspecified atom stereocenters. The molecular weight excluding hydrogens is 356 g/mol. The fourth-order valence-electron chi connectivity index (χ4n) is 2.50. The zero-order chi connectivity index (χ0) is 20.6. The van der Waals surface area contributed by atoms with Crippen LogP contribution in [0.2, 0.25) is 0 Å². The predicted octanol–water partition coefficient (Wildman–Crippen LogP) is 3.63. The Balaban J connectivity index is 2.04. The quantitative estimate of drug-likeness (QED) is 0.531. The molecule has 1 aromatic carbocycles. The van der Waals surface area contributed by atoms with E-state index < -0.39 is 0 Å². The SMILES string of the molecule is CCNC(=NCc1ccc(OC)c(OCC)c1)NCc1ncc(C(C)(C)C)o1. The van der Waals surface area contributed by atoms with Crippen molar-refractivity contribution < 1.29 is 13.9 Å². The Hall–Kier alpha value is -2.70. The lowest BCUT2D eigenvalue weighted by molar-refractivity contribution is 0.310. The maximum Gasteiger partial charge on any atom is 0.213 e. The second-order valence-electron chi connectivity index (χ2n) is 7.34. The molecule has 0 amide bonds. The molecule has 0 atom stereocenters. The van der Waals surface area contributed by atoms with E-state index in [1.165, 1.54) is 0 Å². The molecule has 2 aromatic rings. The molecule has 7 nitrogen and oxygen atoms in total. The minimum Gasteiger partial charge on any atom is -0.493 e. The van der Waals surface area contributed by atoms with Crippen molar-refractivity contribution in [3.05, 3.63) is 41.6 Å². The fourth-order valence-corrected chi connectivity index (χ4v) is 2.50. The van der Waals surface area contributed by atoms with Crippen LogP contribution in [-0.2, 0) is 18.5 Å². The Labute approximate surface area is 167 Å². The third-order valence-electron chi connectivity index (χ3n) is 3.99. The number of ether oxygens (including phenoxy) is 2. The van der Waals surface area contributed by atoms with Gasteiger partial charge in [-0.15, -0.1) is 0 Å². The summed E-state index contributed by atoms with van der Waals surface area (Å²) in [4.78, 5) is 8.98. The monoisotopic (exact) mass is 388 g/mol. The Bertz CT molecular complexity index is 778. The van der Waals surface area contributed by atoms with E-state index in [1.807, 2.05) is 32.0 Å². The van der Waals surface area contributed by atoms with Crippen LogP contribution < -0.4 is 20.1 Å². The van der Waals surface area contributed by atoms with Crippen molar-refractivity contribution in [2.75, 3.05) is 20.3 Å². The molecule has 0 saturated carbocycles. The van der Waals surface area contributed by atoms with Crippen molar-refractivity contribution in [2.45, 2.75) is 53.1 Å². The number of methoxy groups -OCH3 is 1. The largest absolute Gasteiger partial charge is 0.493 e. The highest BCUT2D eigenvalue weighted by Crippen LogP contribution is 2.28. The number of aromatic nitrogens is 1. The van der Waals surface area contributed by atoms with Gasteiger partial charge in [0.25, 0.3) is 0 Å². The summed E-state index contributed by atoms with van der Waals surface area (Å²) < 4.78 is 16.8. The summed E-state index contributed by atoms with van der Waals surface area (Å²) >= 11 is 0. The zero-order valence-electron chi connectivity index (χ0n) is 17.8. The van der Waals surface area contributed by atoms with Gasteiger partial charge in [0.05, 0.1) is 33.0 Å². The fraction of sp³-hybridized carbons (Fsp3) is 0.524. The first-order chi connectivity index (χ1) is 13.4. The first-order valence-corrected chi connectivity index (χ1v) is 9.64. The Morgan fingerprint density at radius 2 is 1.96 bits per heavy atom. The summed E-state index contributed by atoms with van der Waals surface area (Å²) in [6, 6.07) is 5.84. The highest BCUT2D eigenvalue weighted by molar-refractivity contribution is 5.79. The number of nitrogens with zero attached hydrogens (tertiary/aromatic N) is 2. The second kappa shape index (κ2) is 10.0. The van der Waals surface area contributed by atoms with Crippen LogP contribution in [0.15, 0.2) is 33.8 Å². The number of benzene rings is 1. The van der Waals surface area contributed by atoms with E-state index in [-0.39, 0.29) is 5.41 Å². The summed E-state index contributed by atoms with van der Waals surface area (Å²) in [5, 5.41) is 6.50. The van der Waals surface area contributed by atoms with Crippen molar-refractivity contribution in [3.8, 4) is 11.5 Å². The van der Waals surface area contributed by atoms with Gasteiger partial charge >= 0.3 is 0 Å². The van der Waals surface area contributed by atoms with Gasteiger partial charge in [-0.2, -0.15) is 0 Å². The molecule has 0 aliphatic carbocycles. The Kier molecular flexibility index (Phi) is 7.72. The molecular formula is C21H32N4O3. The number of nitrogens with one attached hydrogen (secondary N) is 2. The van der Waals surface area contributed by atoms with Crippen LogP contribution in [0.5, 0.6) is 11.5 Å². The third kappa shape index (κ3) is 6.18. The van der Waals surface area contributed by atoms with E-state index in [0.717, 1.165) is 29.4 Å². The van der Waals surface area contributed by atoms with Gasteiger partial charge in [-0.1, -0.05) is 26.8 Å². The molecule has 0 aliphatic heterocycles. The van der Waals surface area contributed by atoms with Crippen LogP contribution in [-0.4, -0.2) is 31.2 Å². The van der Waals surface area contributed by atoms with Gasteiger partial charge < -0.3 is 24.5 Å². The number of hydrogen-bond acceptors (Lipinski definition) is 5. The molecule has 0 bridgehead atoms. The smallest absolute Gasteiger partial charge is 0.213 e. The standard InChI is InChI=1S/C21H32N4O3/c1-7-22-20(25-14-19-23-13-18(28-19)21(3,4)5)24-12-15-9-10-16(26-6)17(11-15)27-8-2/h9-11,13H,7-8,12,14H2,1-6H3,(H2,22,24,25). The molecule has 28 heavy (non-hydrogen) atoms. The normalized spacial score (nSPS) is 12.0. The number of aliphatic imine (C=N–C) groups is 1. The van der Waals surface area contributed by atoms with E-state index in [9.17, 15) is 0 Å². The minimum absolute atomic E-state index is 0.0591. The minimum atomic E-state index is -0.0591. The average molecular weight is 389 g/mol. The van der Waals surface area contributed by atoms with Crippen LogP contribution in [0.3, 0.4) is 0 Å².